The van der Waals surface area contributed by atoms with Crippen molar-refractivity contribution in [3.05, 3.63) is 69.9 Å². The van der Waals surface area contributed by atoms with Gasteiger partial charge in [-0.1, -0.05) is 40.2 Å². The van der Waals surface area contributed by atoms with Gasteiger partial charge in [0.1, 0.15) is 5.82 Å². The van der Waals surface area contributed by atoms with Crippen molar-refractivity contribution >= 4 is 27.8 Å². The summed E-state index contributed by atoms with van der Waals surface area (Å²) < 4.78 is 18.9. The molecular weight excluding hydrogens is 377 g/mol. The first-order valence-electron chi connectivity index (χ1n) is 7.39. The molecule has 1 atom stereocenters. The molecule has 4 nitrogen and oxygen atoms in total. The highest BCUT2D eigenvalue weighted by Crippen LogP contribution is 2.16. The third-order valence-corrected chi connectivity index (χ3v) is 3.88. The lowest BCUT2D eigenvalue weighted by molar-refractivity contribution is -0.148. The minimum Gasteiger partial charge on any atom is -0.455 e. The van der Waals surface area contributed by atoms with E-state index in [0.717, 1.165) is 10.0 Å². The van der Waals surface area contributed by atoms with Gasteiger partial charge in [0, 0.05) is 4.47 Å². The Morgan fingerprint density at radius 3 is 2.58 bits per heavy atom. The van der Waals surface area contributed by atoms with Crippen LogP contribution in [-0.4, -0.2) is 18.5 Å². The van der Waals surface area contributed by atoms with Crippen LogP contribution < -0.4 is 5.32 Å². The van der Waals surface area contributed by atoms with E-state index in [1.54, 1.807) is 6.07 Å². The highest BCUT2D eigenvalue weighted by Gasteiger charge is 2.12. The lowest BCUT2D eigenvalue weighted by Crippen LogP contribution is -2.31. The van der Waals surface area contributed by atoms with E-state index in [1.807, 2.05) is 31.2 Å². The second kappa shape index (κ2) is 8.59. The zero-order valence-electron chi connectivity index (χ0n) is 13.1. The van der Waals surface area contributed by atoms with Gasteiger partial charge < -0.3 is 10.1 Å². The maximum Gasteiger partial charge on any atom is 0.310 e. The van der Waals surface area contributed by atoms with E-state index < -0.39 is 17.7 Å². The summed E-state index contributed by atoms with van der Waals surface area (Å²) in [7, 11) is 0. The number of nitrogens with one attached hydrogen (secondary N) is 1. The normalized spacial score (nSPS) is 11.6. The molecule has 6 heteroatoms. The Kier molecular flexibility index (Phi) is 6.49. The van der Waals surface area contributed by atoms with E-state index in [-0.39, 0.29) is 19.1 Å². The topological polar surface area (TPSA) is 55.4 Å². The molecule has 0 unspecified atom stereocenters. The molecule has 126 valence electrons. The summed E-state index contributed by atoms with van der Waals surface area (Å²) in [4.78, 5) is 23.5. The molecule has 0 heterocycles. The number of hydrogen-bond acceptors (Lipinski definition) is 3. The van der Waals surface area contributed by atoms with Crippen LogP contribution in [0.15, 0.2) is 53.0 Å². The van der Waals surface area contributed by atoms with E-state index >= 15 is 0 Å². The van der Waals surface area contributed by atoms with Gasteiger partial charge >= 0.3 is 5.97 Å². The average molecular weight is 394 g/mol. The fraction of sp³-hybridized carbons (Fsp3) is 0.222. The minimum absolute atomic E-state index is 0.0761. The highest BCUT2D eigenvalue weighted by molar-refractivity contribution is 9.10. The highest BCUT2D eigenvalue weighted by atomic mass is 79.9. The quantitative estimate of drug-likeness (QED) is 0.763. The number of ether oxygens (including phenoxy) is 1. The largest absolute Gasteiger partial charge is 0.455 e. The summed E-state index contributed by atoms with van der Waals surface area (Å²) in [5.74, 6) is -1.38. The van der Waals surface area contributed by atoms with E-state index in [9.17, 15) is 14.0 Å². The molecule has 1 amide bonds. The molecule has 0 saturated carbocycles. The molecule has 0 radical (unpaired) electrons. The molecule has 0 saturated heterocycles. The van der Waals surface area contributed by atoms with Crippen LogP contribution in [0.1, 0.15) is 24.1 Å². The summed E-state index contributed by atoms with van der Waals surface area (Å²) >= 11 is 3.35. The van der Waals surface area contributed by atoms with Crippen molar-refractivity contribution in [2.24, 2.45) is 0 Å². The van der Waals surface area contributed by atoms with Crippen molar-refractivity contribution in [2.45, 2.75) is 19.4 Å². The van der Waals surface area contributed by atoms with Gasteiger partial charge in [0.05, 0.1) is 12.5 Å². The number of carbonyl (C=O) groups is 2. The fourth-order valence-electron chi connectivity index (χ4n) is 2.13. The molecule has 0 spiro atoms. The van der Waals surface area contributed by atoms with Gasteiger partial charge in [-0.3, -0.25) is 9.59 Å². The van der Waals surface area contributed by atoms with E-state index in [2.05, 4.69) is 21.2 Å². The van der Waals surface area contributed by atoms with Crippen molar-refractivity contribution < 1.29 is 18.7 Å². The third-order valence-electron chi connectivity index (χ3n) is 3.35. The summed E-state index contributed by atoms with van der Waals surface area (Å²) in [5, 5.41) is 2.75. The van der Waals surface area contributed by atoms with Crippen molar-refractivity contribution in [1.29, 1.82) is 0 Å². The molecule has 0 fully saturated rings. The summed E-state index contributed by atoms with van der Waals surface area (Å²) in [6.07, 6.45) is -0.0761. The van der Waals surface area contributed by atoms with Crippen molar-refractivity contribution in [3.8, 4) is 0 Å². The van der Waals surface area contributed by atoms with Crippen LogP contribution in [0, 0.1) is 5.82 Å². The van der Waals surface area contributed by atoms with Crippen LogP contribution >= 0.6 is 15.9 Å². The smallest absolute Gasteiger partial charge is 0.310 e. The van der Waals surface area contributed by atoms with E-state index in [0.29, 0.717) is 5.56 Å². The number of rotatable bonds is 6. The Morgan fingerprint density at radius 2 is 1.92 bits per heavy atom. The predicted octanol–water partition coefficient (Wildman–Crippen LogP) is 3.55. The zero-order valence-corrected chi connectivity index (χ0v) is 14.7. The number of benzene rings is 2. The van der Waals surface area contributed by atoms with E-state index in [1.165, 1.54) is 18.2 Å². The van der Waals surface area contributed by atoms with Crippen LogP contribution in [0.5, 0.6) is 0 Å². The van der Waals surface area contributed by atoms with Gasteiger partial charge in [-0.2, -0.15) is 0 Å². The molecule has 1 N–H and O–H groups in total. The van der Waals surface area contributed by atoms with Crippen LogP contribution in [0.3, 0.4) is 0 Å². The van der Waals surface area contributed by atoms with Crippen LogP contribution in [0.2, 0.25) is 0 Å². The van der Waals surface area contributed by atoms with Gasteiger partial charge in [-0.25, -0.2) is 4.39 Å². The first-order valence-corrected chi connectivity index (χ1v) is 8.18. The van der Waals surface area contributed by atoms with Gasteiger partial charge in [-0.05, 0) is 42.3 Å². The summed E-state index contributed by atoms with van der Waals surface area (Å²) in [5.41, 5.74) is 1.45. The maximum atomic E-state index is 13.0. The van der Waals surface area contributed by atoms with Crippen molar-refractivity contribution in [2.75, 3.05) is 6.61 Å². The standard InChI is InChI=1S/C18H17BrFNO3/c1-12(14-5-7-15(19)8-6-14)21-17(22)11-24-18(23)10-13-3-2-4-16(20)9-13/h2-9,12H,10-11H2,1H3,(H,21,22)/t12-/m0/s1. The SMILES string of the molecule is C[C@H](NC(=O)COC(=O)Cc1cccc(F)c1)c1ccc(Br)cc1. The molecule has 0 aliphatic carbocycles. The lowest BCUT2D eigenvalue weighted by Gasteiger charge is -2.14. The minimum atomic E-state index is -0.577. The van der Waals surface area contributed by atoms with Crippen molar-refractivity contribution in [1.82, 2.24) is 5.32 Å². The number of carbonyl (C=O) groups excluding carboxylic acids is 2. The molecule has 2 rings (SSSR count). The lowest BCUT2D eigenvalue weighted by atomic mass is 10.1. The molecule has 0 aliphatic heterocycles. The number of amides is 1. The van der Waals surface area contributed by atoms with Crippen molar-refractivity contribution in [3.63, 3.8) is 0 Å². The summed E-state index contributed by atoms with van der Waals surface area (Å²) in [6, 6.07) is 13.1. The van der Waals surface area contributed by atoms with Crippen LogP contribution in [0.25, 0.3) is 0 Å². The third kappa shape index (κ3) is 5.77. The molecule has 2 aromatic carbocycles. The van der Waals surface area contributed by atoms with E-state index in [4.69, 9.17) is 4.74 Å². The van der Waals surface area contributed by atoms with Gasteiger partial charge in [0.25, 0.3) is 5.91 Å². The Morgan fingerprint density at radius 1 is 1.21 bits per heavy atom. The second-order valence-electron chi connectivity index (χ2n) is 5.31. The fourth-order valence-corrected chi connectivity index (χ4v) is 2.39. The number of halogens is 2. The molecule has 0 aromatic heterocycles. The van der Waals surface area contributed by atoms with Gasteiger partial charge in [-0.15, -0.1) is 0 Å². The first-order chi connectivity index (χ1) is 11.4. The number of hydrogen-bond donors (Lipinski definition) is 1. The Balaban J connectivity index is 1.78. The predicted molar refractivity (Wildman–Crippen MR) is 91.8 cm³/mol. The number of esters is 1. The Bertz CT molecular complexity index is 718. The maximum absolute atomic E-state index is 13.0. The molecule has 0 bridgehead atoms. The zero-order chi connectivity index (χ0) is 17.5. The molecule has 24 heavy (non-hydrogen) atoms. The first kappa shape index (κ1) is 18.1. The van der Waals surface area contributed by atoms with Gasteiger partial charge in [0.2, 0.25) is 0 Å². The average Bonchev–Trinajstić information content (AvgIpc) is 2.53. The van der Waals surface area contributed by atoms with Crippen LogP contribution in [-0.2, 0) is 20.7 Å². The Hall–Kier alpha value is -2.21. The van der Waals surface area contributed by atoms with Gasteiger partial charge in [0.15, 0.2) is 6.61 Å². The second-order valence-corrected chi connectivity index (χ2v) is 6.22. The molecule has 0 aliphatic rings. The monoisotopic (exact) mass is 393 g/mol. The van der Waals surface area contributed by atoms with Crippen LogP contribution in [0.4, 0.5) is 4.39 Å². The molecular formula is C18H17BrFNO3. The molecule has 2 aromatic rings. The summed E-state index contributed by atoms with van der Waals surface area (Å²) in [6.45, 7) is 1.48. The Labute approximate surface area is 148 Å².